The van der Waals surface area contributed by atoms with Gasteiger partial charge in [0, 0.05) is 19.6 Å². The highest BCUT2D eigenvalue weighted by atomic mass is 16.5. The van der Waals surface area contributed by atoms with Crippen LogP contribution in [-0.4, -0.2) is 48.1 Å². The minimum atomic E-state index is -0.571. The predicted molar refractivity (Wildman–Crippen MR) is 63.5 cm³/mol. The van der Waals surface area contributed by atoms with Crippen molar-refractivity contribution < 1.29 is 14.9 Å². The SMILES string of the molecule is Oc1ccc(C(O)CNN2CCOCC2)cc1. The number of benzene rings is 1. The predicted octanol–water partition coefficient (Wildman–Crippen LogP) is 0.262. The first-order chi connectivity index (χ1) is 8.25. The van der Waals surface area contributed by atoms with Gasteiger partial charge in [0.15, 0.2) is 0 Å². The summed E-state index contributed by atoms with van der Waals surface area (Å²) in [5.41, 5.74) is 3.97. The van der Waals surface area contributed by atoms with E-state index in [0.717, 1.165) is 31.9 Å². The Bertz CT molecular complexity index is 336. The summed E-state index contributed by atoms with van der Waals surface area (Å²) >= 11 is 0. The van der Waals surface area contributed by atoms with Crippen molar-refractivity contribution in [3.8, 4) is 5.75 Å². The second-order valence-corrected chi connectivity index (χ2v) is 4.07. The van der Waals surface area contributed by atoms with Crippen LogP contribution in [-0.2, 0) is 4.74 Å². The molecule has 1 aliphatic heterocycles. The summed E-state index contributed by atoms with van der Waals surface area (Å²) in [7, 11) is 0. The maximum absolute atomic E-state index is 9.94. The van der Waals surface area contributed by atoms with Gasteiger partial charge in [-0.3, -0.25) is 5.43 Å². The van der Waals surface area contributed by atoms with E-state index in [-0.39, 0.29) is 5.75 Å². The van der Waals surface area contributed by atoms with Crippen LogP contribution >= 0.6 is 0 Å². The van der Waals surface area contributed by atoms with E-state index in [1.165, 1.54) is 0 Å². The topological polar surface area (TPSA) is 65.0 Å². The third kappa shape index (κ3) is 3.67. The molecule has 1 unspecified atom stereocenters. The van der Waals surface area contributed by atoms with Crippen LogP contribution in [0.3, 0.4) is 0 Å². The van der Waals surface area contributed by atoms with Crippen molar-refractivity contribution >= 4 is 0 Å². The Balaban J connectivity index is 1.80. The van der Waals surface area contributed by atoms with E-state index in [0.29, 0.717) is 6.54 Å². The fraction of sp³-hybridized carbons (Fsp3) is 0.500. The lowest BCUT2D eigenvalue weighted by Crippen LogP contribution is -2.47. The highest BCUT2D eigenvalue weighted by molar-refractivity contribution is 5.27. The molecule has 1 heterocycles. The molecule has 0 spiro atoms. The van der Waals surface area contributed by atoms with Gasteiger partial charge in [-0.2, -0.15) is 0 Å². The zero-order chi connectivity index (χ0) is 12.1. The van der Waals surface area contributed by atoms with Crippen LogP contribution < -0.4 is 5.43 Å². The zero-order valence-corrected chi connectivity index (χ0v) is 9.67. The molecule has 0 aromatic heterocycles. The van der Waals surface area contributed by atoms with E-state index in [1.54, 1.807) is 24.3 Å². The monoisotopic (exact) mass is 238 g/mol. The summed E-state index contributed by atoms with van der Waals surface area (Å²) in [5.74, 6) is 0.210. The molecule has 1 fully saturated rings. The molecule has 0 bridgehead atoms. The minimum Gasteiger partial charge on any atom is -0.508 e. The molecular weight excluding hydrogens is 220 g/mol. The molecule has 17 heavy (non-hydrogen) atoms. The van der Waals surface area contributed by atoms with Gasteiger partial charge >= 0.3 is 0 Å². The van der Waals surface area contributed by atoms with E-state index >= 15 is 0 Å². The van der Waals surface area contributed by atoms with E-state index < -0.39 is 6.10 Å². The number of phenols is 1. The molecule has 1 atom stereocenters. The van der Waals surface area contributed by atoms with Crippen LogP contribution in [0.25, 0.3) is 0 Å². The molecule has 5 nitrogen and oxygen atoms in total. The third-order valence-corrected chi connectivity index (χ3v) is 2.80. The number of ether oxygens (including phenoxy) is 1. The Kier molecular flexibility index (Phi) is 4.33. The average molecular weight is 238 g/mol. The smallest absolute Gasteiger partial charge is 0.115 e. The van der Waals surface area contributed by atoms with Crippen molar-refractivity contribution in [1.29, 1.82) is 0 Å². The van der Waals surface area contributed by atoms with E-state index in [4.69, 9.17) is 9.84 Å². The van der Waals surface area contributed by atoms with Crippen molar-refractivity contribution in [3.05, 3.63) is 29.8 Å². The summed E-state index contributed by atoms with van der Waals surface area (Å²) in [6, 6.07) is 6.60. The van der Waals surface area contributed by atoms with Crippen LogP contribution in [0.5, 0.6) is 5.75 Å². The fourth-order valence-corrected chi connectivity index (χ4v) is 1.75. The number of hydrazine groups is 1. The van der Waals surface area contributed by atoms with E-state index in [9.17, 15) is 5.11 Å². The Morgan fingerprint density at radius 3 is 2.53 bits per heavy atom. The summed E-state index contributed by atoms with van der Waals surface area (Å²) in [4.78, 5) is 0. The number of rotatable bonds is 4. The summed E-state index contributed by atoms with van der Waals surface area (Å²) < 4.78 is 5.23. The molecule has 1 aromatic rings. The zero-order valence-electron chi connectivity index (χ0n) is 9.67. The van der Waals surface area contributed by atoms with Gasteiger partial charge in [0.2, 0.25) is 0 Å². The number of nitrogens with zero attached hydrogens (tertiary/aromatic N) is 1. The van der Waals surface area contributed by atoms with E-state index in [1.807, 2.05) is 5.01 Å². The molecule has 2 rings (SSSR count). The number of hydrogen-bond donors (Lipinski definition) is 3. The molecule has 0 saturated carbocycles. The van der Waals surface area contributed by atoms with Crippen LogP contribution in [0.4, 0.5) is 0 Å². The number of aromatic hydroxyl groups is 1. The third-order valence-electron chi connectivity index (χ3n) is 2.80. The lowest BCUT2D eigenvalue weighted by atomic mass is 10.1. The first-order valence-electron chi connectivity index (χ1n) is 5.79. The Morgan fingerprint density at radius 1 is 1.24 bits per heavy atom. The fourth-order valence-electron chi connectivity index (χ4n) is 1.75. The second kappa shape index (κ2) is 5.97. The molecule has 0 aliphatic carbocycles. The van der Waals surface area contributed by atoms with E-state index in [2.05, 4.69) is 5.43 Å². The standard InChI is InChI=1S/C12H18N2O3/c15-11-3-1-10(2-4-11)12(16)9-13-14-5-7-17-8-6-14/h1-4,12-13,15-16H,5-9H2. The first-order valence-corrected chi connectivity index (χ1v) is 5.79. The number of hydrogen-bond acceptors (Lipinski definition) is 5. The van der Waals surface area contributed by atoms with Gasteiger partial charge in [0.25, 0.3) is 0 Å². The number of aliphatic hydroxyl groups excluding tert-OH is 1. The van der Waals surface area contributed by atoms with Gasteiger partial charge in [0.05, 0.1) is 19.3 Å². The normalized spacial score (nSPS) is 19.1. The van der Waals surface area contributed by atoms with Crippen LogP contribution in [0.2, 0.25) is 0 Å². The molecule has 0 amide bonds. The molecule has 1 saturated heterocycles. The highest BCUT2D eigenvalue weighted by Gasteiger charge is 2.12. The average Bonchev–Trinajstić information content (AvgIpc) is 2.38. The van der Waals surface area contributed by atoms with Crippen molar-refractivity contribution in [3.63, 3.8) is 0 Å². The van der Waals surface area contributed by atoms with Gasteiger partial charge in [-0.15, -0.1) is 0 Å². The van der Waals surface area contributed by atoms with Gasteiger partial charge in [-0.1, -0.05) is 12.1 Å². The van der Waals surface area contributed by atoms with Gasteiger partial charge in [0.1, 0.15) is 5.75 Å². The summed E-state index contributed by atoms with van der Waals surface area (Å²) in [6.45, 7) is 3.58. The van der Waals surface area contributed by atoms with Crippen molar-refractivity contribution in [1.82, 2.24) is 10.4 Å². The molecule has 1 aromatic carbocycles. The molecule has 5 heteroatoms. The molecule has 94 valence electrons. The van der Waals surface area contributed by atoms with Gasteiger partial charge in [-0.05, 0) is 17.7 Å². The van der Waals surface area contributed by atoms with Gasteiger partial charge < -0.3 is 14.9 Å². The lowest BCUT2D eigenvalue weighted by molar-refractivity contribution is 0.00312. The van der Waals surface area contributed by atoms with Crippen LogP contribution in [0, 0.1) is 0 Å². The summed E-state index contributed by atoms with van der Waals surface area (Å²) in [6.07, 6.45) is -0.571. The van der Waals surface area contributed by atoms with Crippen LogP contribution in [0.15, 0.2) is 24.3 Å². The van der Waals surface area contributed by atoms with Crippen LogP contribution in [0.1, 0.15) is 11.7 Å². The molecule has 3 N–H and O–H groups in total. The Hall–Kier alpha value is -1.14. The number of phenolic OH excluding ortho intramolecular Hbond substituents is 1. The highest BCUT2D eigenvalue weighted by Crippen LogP contribution is 2.16. The quantitative estimate of drug-likeness (QED) is 0.702. The molecule has 0 radical (unpaired) electrons. The molecule has 1 aliphatic rings. The first kappa shape index (κ1) is 12.3. The second-order valence-electron chi connectivity index (χ2n) is 4.07. The largest absolute Gasteiger partial charge is 0.508 e. The lowest BCUT2D eigenvalue weighted by Gasteiger charge is -2.28. The van der Waals surface area contributed by atoms with Gasteiger partial charge in [-0.25, -0.2) is 5.01 Å². The van der Waals surface area contributed by atoms with Crippen molar-refractivity contribution in [2.75, 3.05) is 32.8 Å². The molecular formula is C12H18N2O3. The number of nitrogens with one attached hydrogen (secondary N) is 1. The maximum Gasteiger partial charge on any atom is 0.115 e. The van der Waals surface area contributed by atoms with Crippen molar-refractivity contribution in [2.45, 2.75) is 6.10 Å². The number of morpholine rings is 1. The maximum atomic E-state index is 9.94. The Labute approximate surface area is 101 Å². The Morgan fingerprint density at radius 2 is 1.88 bits per heavy atom. The summed E-state index contributed by atoms with van der Waals surface area (Å²) in [5, 5.41) is 21.1. The van der Waals surface area contributed by atoms with Crippen molar-refractivity contribution in [2.24, 2.45) is 0 Å². The number of aliphatic hydroxyl groups is 1. The minimum absolute atomic E-state index is 0.210.